The van der Waals surface area contributed by atoms with Crippen molar-refractivity contribution in [2.45, 2.75) is 72.1 Å². The minimum Gasteiger partial charge on any atom is -0.491 e. The SMILES string of the molecule is Cc1coc(C2CCN(Cc3cc(OC(C)C)cc(OC(C)C)c3)CC2)n1. The van der Waals surface area contributed by atoms with Gasteiger partial charge in [0.25, 0.3) is 0 Å². The van der Waals surface area contributed by atoms with Crippen LogP contribution < -0.4 is 9.47 Å². The summed E-state index contributed by atoms with van der Waals surface area (Å²) in [6.45, 7) is 13.2. The highest BCUT2D eigenvalue weighted by Crippen LogP contribution is 2.30. The van der Waals surface area contributed by atoms with Gasteiger partial charge < -0.3 is 13.9 Å². The minimum atomic E-state index is 0.146. The zero-order valence-electron chi connectivity index (χ0n) is 17.2. The third-order valence-electron chi connectivity index (χ3n) is 4.66. The first kappa shape index (κ1) is 19.7. The number of rotatable bonds is 7. The van der Waals surface area contributed by atoms with Crippen LogP contribution in [0.2, 0.25) is 0 Å². The van der Waals surface area contributed by atoms with E-state index < -0.39 is 0 Å². The maximum absolute atomic E-state index is 5.92. The lowest BCUT2D eigenvalue weighted by Crippen LogP contribution is -2.32. The van der Waals surface area contributed by atoms with E-state index in [4.69, 9.17) is 13.9 Å². The number of hydrogen-bond acceptors (Lipinski definition) is 5. The minimum absolute atomic E-state index is 0.146. The topological polar surface area (TPSA) is 47.7 Å². The number of aryl methyl sites for hydroxylation is 1. The number of oxazole rings is 1. The molecule has 148 valence electrons. The van der Waals surface area contributed by atoms with E-state index in [1.54, 1.807) is 6.26 Å². The van der Waals surface area contributed by atoms with E-state index in [0.29, 0.717) is 5.92 Å². The van der Waals surface area contributed by atoms with E-state index in [0.717, 1.165) is 55.6 Å². The third-order valence-corrected chi connectivity index (χ3v) is 4.66. The van der Waals surface area contributed by atoms with Crippen LogP contribution in [0.5, 0.6) is 11.5 Å². The van der Waals surface area contributed by atoms with E-state index in [9.17, 15) is 0 Å². The molecule has 0 amide bonds. The molecular formula is C22H32N2O3. The molecule has 0 unspecified atom stereocenters. The lowest BCUT2D eigenvalue weighted by Gasteiger charge is -2.30. The molecule has 0 atom stereocenters. The lowest BCUT2D eigenvalue weighted by molar-refractivity contribution is 0.191. The van der Waals surface area contributed by atoms with E-state index in [2.05, 4.69) is 22.0 Å². The van der Waals surface area contributed by atoms with Gasteiger partial charge in [-0.25, -0.2) is 4.98 Å². The molecule has 1 aliphatic rings. The van der Waals surface area contributed by atoms with Crippen molar-refractivity contribution in [2.24, 2.45) is 0 Å². The Kier molecular flexibility index (Phi) is 6.42. The predicted octanol–water partition coefficient (Wildman–Crippen LogP) is 4.94. The Labute approximate surface area is 162 Å². The molecule has 27 heavy (non-hydrogen) atoms. The number of piperidine rings is 1. The molecule has 1 aliphatic heterocycles. The molecule has 2 heterocycles. The highest BCUT2D eigenvalue weighted by atomic mass is 16.5. The summed E-state index contributed by atoms with van der Waals surface area (Å²) < 4.78 is 17.4. The van der Waals surface area contributed by atoms with Gasteiger partial charge in [-0.3, -0.25) is 4.90 Å². The number of likely N-dealkylation sites (tertiary alicyclic amines) is 1. The average molecular weight is 373 g/mol. The largest absolute Gasteiger partial charge is 0.491 e. The maximum atomic E-state index is 5.92. The first-order valence-electron chi connectivity index (χ1n) is 10.0. The highest BCUT2D eigenvalue weighted by molar-refractivity contribution is 5.38. The molecule has 5 heteroatoms. The summed E-state index contributed by atoms with van der Waals surface area (Å²) in [7, 11) is 0. The third kappa shape index (κ3) is 5.73. The fourth-order valence-corrected chi connectivity index (χ4v) is 3.56. The molecule has 0 spiro atoms. The molecule has 1 aromatic carbocycles. The van der Waals surface area contributed by atoms with E-state index in [1.165, 1.54) is 5.56 Å². The van der Waals surface area contributed by atoms with Crippen LogP contribution in [0.4, 0.5) is 0 Å². The molecule has 1 aromatic heterocycles. The van der Waals surface area contributed by atoms with Gasteiger partial charge in [0.1, 0.15) is 17.8 Å². The average Bonchev–Trinajstić information content (AvgIpc) is 3.00. The number of ether oxygens (including phenoxy) is 2. The van der Waals surface area contributed by atoms with E-state index in [-0.39, 0.29) is 12.2 Å². The molecule has 0 bridgehead atoms. The molecule has 2 aromatic rings. The number of benzene rings is 1. The standard InChI is InChI=1S/C22H32N2O3/c1-15(2)26-20-10-18(11-21(12-20)27-16(3)4)13-24-8-6-19(7-9-24)22-23-17(5)14-25-22/h10-12,14-16,19H,6-9,13H2,1-5H3. The van der Waals surface area contributed by atoms with Gasteiger partial charge >= 0.3 is 0 Å². The molecule has 0 aliphatic carbocycles. The second-order valence-corrected chi connectivity index (χ2v) is 8.02. The summed E-state index contributed by atoms with van der Waals surface area (Å²) in [6.07, 6.45) is 4.20. The van der Waals surface area contributed by atoms with Gasteiger partial charge in [-0.2, -0.15) is 0 Å². The Morgan fingerprint density at radius 1 is 1.04 bits per heavy atom. The van der Waals surface area contributed by atoms with Crippen molar-refractivity contribution in [3.05, 3.63) is 41.6 Å². The first-order chi connectivity index (χ1) is 12.9. The lowest BCUT2D eigenvalue weighted by atomic mass is 9.96. The van der Waals surface area contributed by atoms with E-state index in [1.807, 2.05) is 40.7 Å². The molecule has 1 fully saturated rings. The molecule has 1 saturated heterocycles. The van der Waals surface area contributed by atoms with Crippen LogP contribution in [0.1, 0.15) is 63.6 Å². The van der Waals surface area contributed by atoms with Crippen LogP contribution in [0, 0.1) is 6.92 Å². The fraction of sp³-hybridized carbons (Fsp3) is 0.591. The summed E-state index contributed by atoms with van der Waals surface area (Å²) in [5.41, 5.74) is 2.20. The second kappa shape index (κ2) is 8.79. The van der Waals surface area contributed by atoms with Crippen LogP contribution in [-0.4, -0.2) is 35.2 Å². The van der Waals surface area contributed by atoms with Crippen molar-refractivity contribution in [1.29, 1.82) is 0 Å². The van der Waals surface area contributed by atoms with Gasteiger partial charge in [-0.05, 0) is 78.2 Å². The van der Waals surface area contributed by atoms with Crippen molar-refractivity contribution in [3.63, 3.8) is 0 Å². The first-order valence-corrected chi connectivity index (χ1v) is 10.0. The Hall–Kier alpha value is -2.01. The molecule has 5 nitrogen and oxygen atoms in total. The van der Waals surface area contributed by atoms with Gasteiger partial charge in [0, 0.05) is 18.5 Å². The number of hydrogen-bond donors (Lipinski definition) is 0. The van der Waals surface area contributed by atoms with Crippen LogP contribution in [0.25, 0.3) is 0 Å². The fourth-order valence-electron chi connectivity index (χ4n) is 3.56. The zero-order valence-corrected chi connectivity index (χ0v) is 17.2. The number of aromatic nitrogens is 1. The van der Waals surface area contributed by atoms with Crippen molar-refractivity contribution in [1.82, 2.24) is 9.88 Å². The van der Waals surface area contributed by atoms with Crippen LogP contribution >= 0.6 is 0 Å². The summed E-state index contributed by atoms with van der Waals surface area (Å²) in [5.74, 6) is 3.09. The number of nitrogens with zero attached hydrogens (tertiary/aromatic N) is 2. The van der Waals surface area contributed by atoms with Gasteiger partial charge in [-0.1, -0.05) is 0 Å². The maximum Gasteiger partial charge on any atom is 0.197 e. The van der Waals surface area contributed by atoms with Crippen molar-refractivity contribution < 1.29 is 13.9 Å². The van der Waals surface area contributed by atoms with E-state index >= 15 is 0 Å². The van der Waals surface area contributed by atoms with Gasteiger partial charge in [0.2, 0.25) is 0 Å². The summed E-state index contributed by atoms with van der Waals surface area (Å²) in [6, 6.07) is 6.26. The summed E-state index contributed by atoms with van der Waals surface area (Å²) in [5, 5.41) is 0. The molecule has 0 radical (unpaired) electrons. The van der Waals surface area contributed by atoms with Gasteiger partial charge in [0.15, 0.2) is 5.89 Å². The van der Waals surface area contributed by atoms with Crippen molar-refractivity contribution in [2.75, 3.05) is 13.1 Å². The summed E-state index contributed by atoms with van der Waals surface area (Å²) in [4.78, 5) is 6.99. The molecule has 0 saturated carbocycles. The smallest absolute Gasteiger partial charge is 0.197 e. The quantitative estimate of drug-likeness (QED) is 0.689. The Balaban J connectivity index is 1.64. The molecule has 3 rings (SSSR count). The monoisotopic (exact) mass is 372 g/mol. The van der Waals surface area contributed by atoms with Crippen molar-refractivity contribution >= 4 is 0 Å². The molecule has 0 N–H and O–H groups in total. The van der Waals surface area contributed by atoms with Crippen molar-refractivity contribution in [3.8, 4) is 11.5 Å². The summed E-state index contributed by atoms with van der Waals surface area (Å²) >= 11 is 0. The van der Waals surface area contributed by atoms with Crippen LogP contribution in [-0.2, 0) is 6.54 Å². The zero-order chi connectivity index (χ0) is 19.4. The Bertz CT molecular complexity index is 703. The normalized spacial score (nSPS) is 16.3. The van der Waals surface area contributed by atoms with Crippen LogP contribution in [0.3, 0.4) is 0 Å². The van der Waals surface area contributed by atoms with Gasteiger partial charge in [-0.15, -0.1) is 0 Å². The van der Waals surface area contributed by atoms with Crippen LogP contribution in [0.15, 0.2) is 28.9 Å². The predicted molar refractivity (Wildman–Crippen MR) is 106 cm³/mol. The Morgan fingerprint density at radius 3 is 2.11 bits per heavy atom. The van der Waals surface area contributed by atoms with Gasteiger partial charge in [0.05, 0.1) is 17.9 Å². The Morgan fingerprint density at radius 2 is 1.63 bits per heavy atom. The second-order valence-electron chi connectivity index (χ2n) is 8.02. The highest BCUT2D eigenvalue weighted by Gasteiger charge is 2.24. The molecular weight excluding hydrogens is 340 g/mol.